The van der Waals surface area contributed by atoms with Crippen molar-refractivity contribution >= 4 is 8.32 Å². The van der Waals surface area contributed by atoms with E-state index in [1.165, 1.54) is 12.8 Å². The molecule has 0 aliphatic heterocycles. The second kappa shape index (κ2) is 7.23. The van der Waals surface area contributed by atoms with Gasteiger partial charge >= 0.3 is 0 Å². The zero-order chi connectivity index (χ0) is 15.4. The van der Waals surface area contributed by atoms with Crippen LogP contribution < -0.4 is 0 Å². The number of hydrogen-bond donors (Lipinski definition) is 1. The molecule has 1 aliphatic rings. The summed E-state index contributed by atoms with van der Waals surface area (Å²) in [5.41, 5.74) is 0. The van der Waals surface area contributed by atoms with Crippen molar-refractivity contribution < 1.29 is 9.53 Å². The van der Waals surface area contributed by atoms with E-state index in [0.717, 1.165) is 12.8 Å². The molecule has 3 heteroatoms. The Morgan fingerprint density at radius 1 is 1.30 bits per heavy atom. The Morgan fingerprint density at radius 2 is 1.95 bits per heavy atom. The number of rotatable bonds is 7. The third-order valence-corrected chi connectivity index (χ3v) is 9.62. The average Bonchev–Trinajstić information content (AvgIpc) is 2.26. The molecule has 0 radical (unpaired) electrons. The van der Waals surface area contributed by atoms with Crippen LogP contribution in [0.1, 0.15) is 53.4 Å². The van der Waals surface area contributed by atoms with Crippen molar-refractivity contribution in [1.82, 2.24) is 0 Å². The molecule has 1 fully saturated rings. The van der Waals surface area contributed by atoms with E-state index in [1.807, 2.05) is 0 Å². The van der Waals surface area contributed by atoms with E-state index in [1.54, 1.807) is 0 Å². The number of aliphatic hydroxyl groups excluding tert-OH is 1. The summed E-state index contributed by atoms with van der Waals surface area (Å²) in [5.74, 6) is 0.957. The molecule has 0 saturated heterocycles. The Hall–Kier alpha value is -0.123. The van der Waals surface area contributed by atoms with Crippen molar-refractivity contribution in [2.45, 2.75) is 77.6 Å². The lowest BCUT2D eigenvalue weighted by atomic mass is 9.71. The van der Waals surface area contributed by atoms with Gasteiger partial charge in [-0.2, -0.15) is 0 Å². The molecule has 0 unspecified atom stereocenters. The van der Waals surface area contributed by atoms with Crippen molar-refractivity contribution in [2.75, 3.05) is 6.61 Å². The summed E-state index contributed by atoms with van der Waals surface area (Å²) in [4.78, 5) is 0. The maximum atomic E-state index is 9.47. The number of aliphatic hydroxyl groups is 1. The summed E-state index contributed by atoms with van der Waals surface area (Å²) in [6.45, 7) is 14.0. The van der Waals surface area contributed by atoms with Crippen LogP contribution in [0.15, 0.2) is 12.2 Å². The van der Waals surface area contributed by atoms with Gasteiger partial charge in [0.2, 0.25) is 0 Å². The van der Waals surface area contributed by atoms with E-state index >= 15 is 0 Å². The van der Waals surface area contributed by atoms with Gasteiger partial charge < -0.3 is 9.53 Å². The van der Waals surface area contributed by atoms with Crippen molar-refractivity contribution in [3.63, 3.8) is 0 Å². The SMILES string of the molecule is CCC/C=C/[C@H](O[Si](C)(C)C(C)(C)C)[C@@H]1CC[C@H]1CO. The van der Waals surface area contributed by atoms with Crippen molar-refractivity contribution in [3.8, 4) is 0 Å². The first-order valence-electron chi connectivity index (χ1n) is 8.18. The first kappa shape index (κ1) is 17.9. The zero-order valence-corrected chi connectivity index (χ0v) is 15.3. The highest BCUT2D eigenvalue weighted by atomic mass is 28.4. The summed E-state index contributed by atoms with van der Waals surface area (Å²) in [6.07, 6.45) is 9.39. The molecule has 1 N–H and O–H groups in total. The zero-order valence-electron chi connectivity index (χ0n) is 14.3. The van der Waals surface area contributed by atoms with Crippen LogP contribution in [-0.2, 0) is 4.43 Å². The standard InChI is InChI=1S/C17H34O2Si/c1-7-8-9-10-16(15-12-11-14(15)13-18)19-20(5,6)17(2,3)4/h9-10,14-16,18H,7-8,11-13H2,1-6H3/b10-9+/t14-,15+,16-/m0/s1. The molecule has 0 aromatic carbocycles. The van der Waals surface area contributed by atoms with Crippen molar-refractivity contribution in [1.29, 1.82) is 0 Å². The predicted molar refractivity (Wildman–Crippen MR) is 89.4 cm³/mol. The fourth-order valence-corrected chi connectivity index (χ4v) is 3.72. The highest BCUT2D eigenvalue weighted by Gasteiger charge is 2.43. The van der Waals surface area contributed by atoms with Gasteiger partial charge in [0.25, 0.3) is 0 Å². The van der Waals surface area contributed by atoms with E-state index < -0.39 is 8.32 Å². The lowest BCUT2D eigenvalue weighted by Gasteiger charge is -2.45. The normalized spacial score (nSPS) is 25.8. The topological polar surface area (TPSA) is 29.5 Å². The van der Waals surface area contributed by atoms with Gasteiger partial charge in [-0.3, -0.25) is 0 Å². The van der Waals surface area contributed by atoms with Crippen LogP contribution in [0.5, 0.6) is 0 Å². The van der Waals surface area contributed by atoms with Gasteiger partial charge in [-0.25, -0.2) is 0 Å². The van der Waals surface area contributed by atoms with Crippen LogP contribution in [-0.4, -0.2) is 26.1 Å². The molecule has 0 amide bonds. The Morgan fingerprint density at radius 3 is 2.35 bits per heavy atom. The third kappa shape index (κ3) is 4.44. The molecule has 1 rings (SSSR count). The molecule has 0 aromatic rings. The minimum Gasteiger partial charge on any atom is -0.410 e. The molecule has 0 heterocycles. The molecular weight excluding hydrogens is 264 g/mol. The lowest BCUT2D eigenvalue weighted by molar-refractivity contribution is 0.0167. The molecule has 0 aromatic heterocycles. The Labute approximate surface area is 126 Å². The lowest BCUT2D eigenvalue weighted by Crippen LogP contribution is -2.48. The average molecular weight is 299 g/mol. The van der Waals surface area contributed by atoms with Gasteiger partial charge in [-0.15, -0.1) is 0 Å². The van der Waals surface area contributed by atoms with Crippen LogP contribution in [0.2, 0.25) is 18.1 Å². The highest BCUT2D eigenvalue weighted by molar-refractivity contribution is 6.74. The van der Waals surface area contributed by atoms with E-state index in [0.29, 0.717) is 18.4 Å². The number of unbranched alkanes of at least 4 members (excludes halogenated alkanes) is 1. The minimum absolute atomic E-state index is 0.202. The molecule has 2 nitrogen and oxygen atoms in total. The maximum absolute atomic E-state index is 9.47. The van der Waals surface area contributed by atoms with Gasteiger partial charge in [-0.1, -0.05) is 46.3 Å². The van der Waals surface area contributed by atoms with Crippen LogP contribution in [0.25, 0.3) is 0 Å². The Kier molecular flexibility index (Phi) is 6.48. The van der Waals surface area contributed by atoms with Crippen LogP contribution in [0.4, 0.5) is 0 Å². The Balaban J connectivity index is 2.78. The van der Waals surface area contributed by atoms with Gasteiger partial charge in [0.05, 0.1) is 6.10 Å². The van der Waals surface area contributed by atoms with Crippen molar-refractivity contribution in [3.05, 3.63) is 12.2 Å². The van der Waals surface area contributed by atoms with Crippen molar-refractivity contribution in [2.24, 2.45) is 11.8 Å². The first-order valence-corrected chi connectivity index (χ1v) is 11.1. The summed E-state index contributed by atoms with van der Waals surface area (Å²) in [5, 5.41) is 9.71. The predicted octanol–water partition coefficient (Wildman–Crippen LogP) is 4.75. The molecule has 0 spiro atoms. The maximum Gasteiger partial charge on any atom is 0.192 e. The highest BCUT2D eigenvalue weighted by Crippen LogP contribution is 2.43. The molecular formula is C17H34O2Si. The summed E-state index contributed by atoms with van der Waals surface area (Å²) < 4.78 is 6.63. The second-order valence-electron chi connectivity index (χ2n) is 7.74. The summed E-state index contributed by atoms with van der Waals surface area (Å²) in [7, 11) is -1.75. The summed E-state index contributed by atoms with van der Waals surface area (Å²) >= 11 is 0. The molecule has 118 valence electrons. The smallest absolute Gasteiger partial charge is 0.192 e. The van der Waals surface area contributed by atoms with Gasteiger partial charge in [-0.05, 0) is 49.2 Å². The minimum atomic E-state index is -1.75. The second-order valence-corrected chi connectivity index (χ2v) is 12.5. The molecule has 0 bridgehead atoms. The molecule has 1 saturated carbocycles. The Bertz CT molecular complexity index is 315. The van der Waals surface area contributed by atoms with Crippen LogP contribution in [0, 0.1) is 11.8 Å². The van der Waals surface area contributed by atoms with E-state index in [9.17, 15) is 5.11 Å². The van der Waals surface area contributed by atoms with Gasteiger partial charge in [0.1, 0.15) is 0 Å². The number of hydrogen-bond acceptors (Lipinski definition) is 2. The van der Waals surface area contributed by atoms with Crippen LogP contribution in [0.3, 0.4) is 0 Å². The van der Waals surface area contributed by atoms with E-state index in [2.05, 4.69) is 52.9 Å². The fraction of sp³-hybridized carbons (Fsp3) is 0.882. The fourth-order valence-electron chi connectivity index (χ4n) is 2.44. The number of allylic oxidation sites excluding steroid dienone is 1. The van der Waals surface area contributed by atoms with Gasteiger partial charge in [0.15, 0.2) is 8.32 Å². The summed E-state index contributed by atoms with van der Waals surface area (Å²) in [6, 6.07) is 0. The first-order chi connectivity index (χ1) is 9.23. The quantitative estimate of drug-likeness (QED) is 0.543. The van der Waals surface area contributed by atoms with E-state index in [4.69, 9.17) is 4.43 Å². The van der Waals surface area contributed by atoms with Crippen LogP contribution >= 0.6 is 0 Å². The monoisotopic (exact) mass is 298 g/mol. The molecule has 3 atom stereocenters. The molecule has 20 heavy (non-hydrogen) atoms. The van der Waals surface area contributed by atoms with E-state index in [-0.39, 0.29) is 11.1 Å². The third-order valence-electron chi connectivity index (χ3n) is 5.15. The van der Waals surface area contributed by atoms with Gasteiger partial charge in [0, 0.05) is 6.61 Å². The largest absolute Gasteiger partial charge is 0.410 e. The molecule has 1 aliphatic carbocycles.